The zero-order valence-corrected chi connectivity index (χ0v) is 15.5. The lowest BCUT2D eigenvalue weighted by Crippen LogP contribution is -2.31. The minimum Gasteiger partial charge on any atom is -0.466 e. The molecule has 0 aromatic heterocycles. The van der Waals surface area contributed by atoms with Crippen LogP contribution in [0.4, 0.5) is 5.69 Å². The van der Waals surface area contributed by atoms with E-state index in [1.807, 2.05) is 48.5 Å². The lowest BCUT2D eigenvalue weighted by molar-refractivity contribution is -0.136. The van der Waals surface area contributed by atoms with Gasteiger partial charge in [0, 0.05) is 17.3 Å². The summed E-state index contributed by atoms with van der Waals surface area (Å²) in [5, 5.41) is 12.8. The average molecular weight is 387 g/mol. The topological polar surface area (TPSA) is 78.9 Å². The maximum absolute atomic E-state index is 12.6. The number of nitrogens with one attached hydrogen (secondary N) is 1. The molecule has 1 amide bonds. The summed E-state index contributed by atoms with van der Waals surface area (Å²) >= 11 is 5.94. The SMILES string of the molecule is COC(=O)C1=C(Nc2cccc(-c3ccc(Cl)cc3)c2)C(=O)N(CCO)C1. The number of ether oxygens (including phenoxy) is 1. The molecule has 0 fully saturated rings. The molecule has 0 bridgehead atoms. The van der Waals surface area contributed by atoms with Crippen LogP contribution >= 0.6 is 11.6 Å². The number of nitrogens with zero attached hydrogens (tertiary/aromatic N) is 1. The Bertz CT molecular complexity index is 893. The van der Waals surface area contributed by atoms with E-state index in [0.29, 0.717) is 10.7 Å². The number of methoxy groups -OCH3 is 1. The molecule has 1 aliphatic rings. The number of carbonyl (C=O) groups excluding carboxylic acids is 2. The smallest absolute Gasteiger partial charge is 0.337 e. The molecule has 0 saturated carbocycles. The number of carbonyl (C=O) groups is 2. The van der Waals surface area contributed by atoms with E-state index in [1.54, 1.807) is 0 Å². The minimum atomic E-state index is -0.569. The Kier molecular flexibility index (Phi) is 5.78. The molecule has 0 aliphatic carbocycles. The third kappa shape index (κ3) is 4.13. The molecule has 2 aromatic carbocycles. The van der Waals surface area contributed by atoms with Crippen molar-refractivity contribution in [2.75, 3.05) is 32.1 Å². The van der Waals surface area contributed by atoms with Crippen molar-refractivity contribution in [1.82, 2.24) is 4.90 Å². The number of benzene rings is 2. The van der Waals surface area contributed by atoms with Gasteiger partial charge in [0.1, 0.15) is 5.70 Å². The molecule has 0 unspecified atom stereocenters. The lowest BCUT2D eigenvalue weighted by Gasteiger charge is -2.15. The van der Waals surface area contributed by atoms with Crippen LogP contribution in [0.2, 0.25) is 5.02 Å². The van der Waals surface area contributed by atoms with Gasteiger partial charge in [-0.05, 0) is 35.4 Å². The molecule has 1 heterocycles. The van der Waals surface area contributed by atoms with Gasteiger partial charge in [0.25, 0.3) is 5.91 Å². The van der Waals surface area contributed by atoms with Gasteiger partial charge in [-0.3, -0.25) is 4.79 Å². The summed E-state index contributed by atoms with van der Waals surface area (Å²) in [6, 6.07) is 14.9. The largest absolute Gasteiger partial charge is 0.466 e. The molecule has 27 heavy (non-hydrogen) atoms. The van der Waals surface area contributed by atoms with Crippen LogP contribution in [0.15, 0.2) is 59.8 Å². The molecular weight excluding hydrogens is 368 g/mol. The van der Waals surface area contributed by atoms with E-state index >= 15 is 0 Å². The van der Waals surface area contributed by atoms with Crippen molar-refractivity contribution >= 4 is 29.2 Å². The van der Waals surface area contributed by atoms with Crippen molar-refractivity contribution in [2.45, 2.75) is 0 Å². The first-order valence-electron chi connectivity index (χ1n) is 8.38. The Hall–Kier alpha value is -2.83. The van der Waals surface area contributed by atoms with Gasteiger partial charge in [-0.25, -0.2) is 4.79 Å². The highest BCUT2D eigenvalue weighted by molar-refractivity contribution is 6.30. The van der Waals surface area contributed by atoms with Gasteiger partial charge in [0.2, 0.25) is 0 Å². The third-order valence-electron chi connectivity index (χ3n) is 4.26. The third-order valence-corrected chi connectivity index (χ3v) is 4.51. The standard InChI is InChI=1S/C20H19ClN2O4/c1-27-20(26)17-12-23(9-10-24)19(25)18(17)22-16-4-2-3-14(11-16)13-5-7-15(21)8-6-13/h2-8,11,22,24H,9-10,12H2,1H3. The van der Waals surface area contributed by atoms with Crippen LogP contribution in [-0.2, 0) is 14.3 Å². The van der Waals surface area contributed by atoms with Gasteiger partial charge in [-0.15, -0.1) is 0 Å². The van der Waals surface area contributed by atoms with Crippen LogP contribution in [0.1, 0.15) is 0 Å². The van der Waals surface area contributed by atoms with E-state index < -0.39 is 5.97 Å². The summed E-state index contributed by atoms with van der Waals surface area (Å²) in [6.45, 7) is 0.0696. The van der Waals surface area contributed by atoms with E-state index in [4.69, 9.17) is 21.4 Å². The average Bonchev–Trinajstić information content (AvgIpc) is 2.98. The summed E-state index contributed by atoms with van der Waals surface area (Å²) in [4.78, 5) is 26.1. The van der Waals surface area contributed by atoms with Crippen LogP contribution in [0.3, 0.4) is 0 Å². The molecule has 0 radical (unpaired) electrons. The fourth-order valence-electron chi connectivity index (χ4n) is 2.91. The number of anilines is 1. The molecule has 140 valence electrons. The van der Waals surface area contributed by atoms with E-state index in [0.717, 1.165) is 11.1 Å². The monoisotopic (exact) mass is 386 g/mol. The van der Waals surface area contributed by atoms with Crippen molar-refractivity contribution in [2.24, 2.45) is 0 Å². The highest BCUT2D eigenvalue weighted by Gasteiger charge is 2.34. The number of rotatable bonds is 6. The number of hydrogen-bond donors (Lipinski definition) is 2. The summed E-state index contributed by atoms with van der Waals surface area (Å²) < 4.78 is 4.79. The number of aliphatic hydroxyl groups excluding tert-OH is 1. The summed E-state index contributed by atoms with van der Waals surface area (Å²) in [5.74, 6) is -0.915. The molecule has 6 nitrogen and oxygen atoms in total. The molecule has 7 heteroatoms. The van der Waals surface area contributed by atoms with Crippen LogP contribution < -0.4 is 5.32 Å². The van der Waals surface area contributed by atoms with Crippen molar-refractivity contribution in [3.05, 3.63) is 64.8 Å². The molecule has 0 saturated heterocycles. The summed E-state index contributed by atoms with van der Waals surface area (Å²) in [6.07, 6.45) is 0. The number of β-amino-alcohol motifs (C(OH)–C–C–N with tert-alkyl or cyclic N) is 1. The first kappa shape index (κ1) is 18.9. The zero-order valence-electron chi connectivity index (χ0n) is 14.7. The molecular formula is C20H19ClN2O4. The Morgan fingerprint density at radius 1 is 1.22 bits per heavy atom. The van der Waals surface area contributed by atoms with Crippen LogP contribution in [-0.4, -0.2) is 48.7 Å². The van der Waals surface area contributed by atoms with Crippen LogP contribution in [0.5, 0.6) is 0 Å². The molecule has 2 aromatic rings. The van der Waals surface area contributed by atoms with Gasteiger partial charge < -0.3 is 20.1 Å². The normalized spacial score (nSPS) is 13.9. The number of esters is 1. The molecule has 0 spiro atoms. The Balaban J connectivity index is 1.90. The predicted octanol–water partition coefficient (Wildman–Crippen LogP) is 2.68. The van der Waals surface area contributed by atoms with Crippen molar-refractivity contribution < 1.29 is 19.4 Å². The van der Waals surface area contributed by atoms with Crippen molar-refractivity contribution in [3.8, 4) is 11.1 Å². The maximum atomic E-state index is 12.6. The lowest BCUT2D eigenvalue weighted by atomic mass is 10.1. The van der Waals surface area contributed by atoms with Crippen molar-refractivity contribution in [3.63, 3.8) is 0 Å². The number of aliphatic hydroxyl groups is 1. The highest BCUT2D eigenvalue weighted by Crippen LogP contribution is 2.27. The molecule has 1 aliphatic heterocycles. The molecule has 3 rings (SSSR count). The first-order chi connectivity index (χ1) is 13.0. The fraction of sp³-hybridized carbons (Fsp3) is 0.200. The van der Waals surface area contributed by atoms with E-state index in [-0.39, 0.29) is 36.9 Å². The summed E-state index contributed by atoms with van der Waals surface area (Å²) in [7, 11) is 1.27. The zero-order chi connectivity index (χ0) is 19.4. The van der Waals surface area contributed by atoms with Gasteiger partial charge in [-0.1, -0.05) is 35.9 Å². The van der Waals surface area contributed by atoms with E-state index in [2.05, 4.69) is 5.32 Å². The van der Waals surface area contributed by atoms with Gasteiger partial charge in [0.15, 0.2) is 0 Å². The van der Waals surface area contributed by atoms with Crippen molar-refractivity contribution in [1.29, 1.82) is 0 Å². The maximum Gasteiger partial charge on any atom is 0.337 e. The van der Waals surface area contributed by atoms with Gasteiger partial charge >= 0.3 is 5.97 Å². The molecule has 0 atom stereocenters. The Morgan fingerprint density at radius 3 is 2.63 bits per heavy atom. The second-order valence-corrected chi connectivity index (χ2v) is 6.44. The quantitative estimate of drug-likeness (QED) is 0.746. The van der Waals surface area contributed by atoms with Gasteiger partial charge in [-0.2, -0.15) is 0 Å². The predicted molar refractivity (Wildman–Crippen MR) is 103 cm³/mol. The Morgan fingerprint density at radius 2 is 1.96 bits per heavy atom. The van der Waals surface area contributed by atoms with E-state index in [1.165, 1.54) is 12.0 Å². The van der Waals surface area contributed by atoms with Crippen LogP contribution in [0.25, 0.3) is 11.1 Å². The van der Waals surface area contributed by atoms with E-state index in [9.17, 15) is 9.59 Å². The van der Waals surface area contributed by atoms with Gasteiger partial charge in [0.05, 0.1) is 25.8 Å². The number of hydrogen-bond acceptors (Lipinski definition) is 5. The minimum absolute atomic E-state index is 0.102. The summed E-state index contributed by atoms with van der Waals surface area (Å²) in [5.41, 5.74) is 2.99. The second-order valence-electron chi connectivity index (χ2n) is 6.01. The highest BCUT2D eigenvalue weighted by atomic mass is 35.5. The Labute approximate surface area is 162 Å². The fourth-order valence-corrected chi connectivity index (χ4v) is 3.04. The first-order valence-corrected chi connectivity index (χ1v) is 8.76. The second kappa shape index (κ2) is 8.24. The number of amides is 1. The number of halogens is 1. The molecule has 2 N–H and O–H groups in total. The van der Waals surface area contributed by atoms with Crippen LogP contribution in [0, 0.1) is 0 Å².